The molecule has 24 heavy (non-hydrogen) atoms. The number of halogens is 2. The number of fused-ring (bicyclic) bond motifs is 1. The molecule has 0 radical (unpaired) electrons. The fraction of sp³-hybridized carbons (Fsp3) is 0.0588. The fourth-order valence-corrected chi connectivity index (χ4v) is 4.43. The number of sulfonamides is 1. The van der Waals surface area contributed by atoms with Crippen LogP contribution in [0.25, 0.3) is 10.8 Å². The quantitative estimate of drug-likeness (QED) is 0.673. The van der Waals surface area contributed by atoms with Gasteiger partial charge in [0, 0.05) is 10.8 Å². The zero-order chi connectivity index (χ0) is 17.5. The lowest BCUT2D eigenvalue weighted by Gasteiger charge is -2.14. The Hall–Kier alpha value is -1.95. The van der Waals surface area contributed by atoms with Crippen molar-refractivity contribution in [3.8, 4) is 5.75 Å². The predicted octanol–water partition coefficient (Wildman–Crippen LogP) is 4.96. The van der Waals surface area contributed by atoms with Crippen LogP contribution in [0.1, 0.15) is 5.56 Å². The van der Waals surface area contributed by atoms with Gasteiger partial charge < -0.3 is 5.11 Å². The van der Waals surface area contributed by atoms with Gasteiger partial charge in [0.1, 0.15) is 5.75 Å². The van der Waals surface area contributed by atoms with E-state index >= 15 is 0 Å². The number of benzene rings is 3. The Morgan fingerprint density at radius 3 is 2.42 bits per heavy atom. The van der Waals surface area contributed by atoms with Crippen molar-refractivity contribution in [1.82, 2.24) is 0 Å². The van der Waals surface area contributed by atoms with Crippen molar-refractivity contribution in [2.75, 3.05) is 4.72 Å². The summed E-state index contributed by atoms with van der Waals surface area (Å²) in [5.74, 6) is -0.145. The van der Waals surface area contributed by atoms with Crippen LogP contribution in [0.5, 0.6) is 5.75 Å². The number of phenolic OH excluding ortho intramolecular Hbond substituents is 1. The summed E-state index contributed by atoms with van der Waals surface area (Å²) in [4.78, 5) is 0.177. The maximum atomic E-state index is 12.7. The van der Waals surface area contributed by atoms with Crippen molar-refractivity contribution in [3.63, 3.8) is 0 Å². The molecule has 0 unspecified atom stereocenters. The zero-order valence-electron chi connectivity index (χ0n) is 12.5. The van der Waals surface area contributed by atoms with Crippen molar-refractivity contribution >= 4 is 49.7 Å². The van der Waals surface area contributed by atoms with Crippen molar-refractivity contribution in [1.29, 1.82) is 0 Å². The third kappa shape index (κ3) is 2.90. The van der Waals surface area contributed by atoms with Crippen LogP contribution < -0.4 is 4.72 Å². The molecule has 0 bridgehead atoms. The van der Waals surface area contributed by atoms with Gasteiger partial charge in [-0.2, -0.15) is 0 Å². The van der Waals surface area contributed by atoms with Crippen LogP contribution in [0.4, 0.5) is 5.69 Å². The van der Waals surface area contributed by atoms with Gasteiger partial charge in [-0.1, -0.05) is 53.5 Å². The maximum Gasteiger partial charge on any atom is 0.262 e. The number of nitrogens with one attached hydrogen (secondary N) is 1. The molecule has 3 rings (SSSR count). The molecule has 0 aliphatic heterocycles. The first-order valence-electron chi connectivity index (χ1n) is 6.99. The van der Waals surface area contributed by atoms with E-state index in [1.807, 2.05) is 0 Å². The molecule has 3 aromatic rings. The highest BCUT2D eigenvalue weighted by Crippen LogP contribution is 2.41. The Morgan fingerprint density at radius 2 is 1.71 bits per heavy atom. The van der Waals surface area contributed by atoms with Gasteiger partial charge in [-0.25, -0.2) is 8.42 Å². The Kier molecular flexibility index (Phi) is 4.34. The first-order valence-corrected chi connectivity index (χ1v) is 9.23. The number of hydrogen-bond donors (Lipinski definition) is 2. The summed E-state index contributed by atoms with van der Waals surface area (Å²) in [7, 11) is -3.80. The molecular weight excluding hydrogens is 369 g/mol. The van der Waals surface area contributed by atoms with Gasteiger partial charge in [-0.15, -0.1) is 0 Å². The maximum absolute atomic E-state index is 12.7. The minimum atomic E-state index is -3.80. The van der Waals surface area contributed by atoms with Crippen LogP contribution in [0.15, 0.2) is 53.4 Å². The highest BCUT2D eigenvalue weighted by atomic mass is 35.5. The summed E-state index contributed by atoms with van der Waals surface area (Å²) in [5, 5.41) is 11.2. The fourth-order valence-electron chi connectivity index (χ4n) is 2.53. The van der Waals surface area contributed by atoms with Crippen molar-refractivity contribution in [2.24, 2.45) is 0 Å². The molecule has 0 saturated carbocycles. The highest BCUT2D eigenvalue weighted by Gasteiger charge is 2.19. The van der Waals surface area contributed by atoms with Gasteiger partial charge in [0.25, 0.3) is 10.0 Å². The average molecular weight is 382 g/mol. The van der Waals surface area contributed by atoms with Gasteiger partial charge in [-0.3, -0.25) is 4.72 Å². The molecule has 0 fully saturated rings. The second kappa shape index (κ2) is 6.16. The predicted molar refractivity (Wildman–Crippen MR) is 97.6 cm³/mol. The number of anilines is 1. The van der Waals surface area contributed by atoms with Crippen LogP contribution in [0.3, 0.4) is 0 Å². The number of aryl methyl sites for hydroxylation is 1. The first kappa shape index (κ1) is 16.9. The summed E-state index contributed by atoms with van der Waals surface area (Å²) < 4.78 is 27.9. The number of hydrogen-bond acceptors (Lipinski definition) is 3. The smallest absolute Gasteiger partial charge is 0.262 e. The van der Waals surface area contributed by atoms with Crippen LogP contribution >= 0.6 is 23.2 Å². The Labute approximate surface area is 149 Å². The van der Waals surface area contributed by atoms with E-state index in [0.717, 1.165) is 0 Å². The number of rotatable bonds is 3. The minimum absolute atomic E-state index is 0.103. The second-order valence-corrected chi connectivity index (χ2v) is 7.75. The molecule has 3 aromatic carbocycles. The SMILES string of the molecule is Cc1ccccc1S(=O)(=O)Nc1cccc2c(O)c(Cl)cc(Cl)c12. The van der Waals surface area contributed by atoms with E-state index in [4.69, 9.17) is 23.2 Å². The van der Waals surface area contributed by atoms with Crippen LogP contribution in [0.2, 0.25) is 10.0 Å². The largest absolute Gasteiger partial charge is 0.506 e. The summed E-state index contributed by atoms with van der Waals surface area (Å²) in [6, 6.07) is 12.9. The van der Waals surface area contributed by atoms with E-state index in [-0.39, 0.29) is 26.4 Å². The molecular formula is C17H13Cl2NO3S. The van der Waals surface area contributed by atoms with Crippen LogP contribution in [-0.4, -0.2) is 13.5 Å². The molecule has 2 N–H and O–H groups in total. The lowest BCUT2D eigenvalue weighted by atomic mass is 10.1. The standard InChI is InChI=1S/C17H13Cl2NO3S/c1-10-5-2-3-8-15(10)24(22,23)20-14-7-4-6-11-16(14)12(18)9-13(19)17(11)21/h2-9,20-21H,1H3. The summed E-state index contributed by atoms with van der Waals surface area (Å²) in [6.45, 7) is 1.72. The molecule has 0 aromatic heterocycles. The normalized spacial score (nSPS) is 11.6. The van der Waals surface area contributed by atoms with Gasteiger partial charge in [0.05, 0.1) is 20.6 Å². The van der Waals surface area contributed by atoms with Crippen molar-refractivity contribution in [3.05, 3.63) is 64.1 Å². The molecule has 0 heterocycles. The van der Waals surface area contributed by atoms with E-state index in [0.29, 0.717) is 16.3 Å². The lowest BCUT2D eigenvalue weighted by molar-refractivity contribution is 0.482. The lowest BCUT2D eigenvalue weighted by Crippen LogP contribution is -2.14. The summed E-state index contributed by atoms with van der Waals surface area (Å²) in [6.07, 6.45) is 0. The Balaban J connectivity index is 2.18. The van der Waals surface area contributed by atoms with E-state index in [1.54, 1.807) is 43.3 Å². The van der Waals surface area contributed by atoms with E-state index in [1.165, 1.54) is 12.1 Å². The average Bonchev–Trinajstić information content (AvgIpc) is 2.52. The second-order valence-electron chi connectivity index (χ2n) is 5.29. The molecule has 0 amide bonds. The monoisotopic (exact) mass is 381 g/mol. The zero-order valence-corrected chi connectivity index (χ0v) is 14.9. The summed E-state index contributed by atoms with van der Waals surface area (Å²) in [5.41, 5.74) is 0.898. The van der Waals surface area contributed by atoms with Crippen LogP contribution in [-0.2, 0) is 10.0 Å². The van der Waals surface area contributed by atoms with E-state index < -0.39 is 10.0 Å². The van der Waals surface area contributed by atoms with E-state index in [9.17, 15) is 13.5 Å². The summed E-state index contributed by atoms with van der Waals surface area (Å²) >= 11 is 12.1. The van der Waals surface area contributed by atoms with Gasteiger partial charge in [0.15, 0.2) is 0 Å². The van der Waals surface area contributed by atoms with Crippen molar-refractivity contribution in [2.45, 2.75) is 11.8 Å². The van der Waals surface area contributed by atoms with Gasteiger partial charge >= 0.3 is 0 Å². The molecule has 124 valence electrons. The molecule has 0 aliphatic carbocycles. The van der Waals surface area contributed by atoms with E-state index in [2.05, 4.69) is 4.72 Å². The van der Waals surface area contributed by atoms with Crippen molar-refractivity contribution < 1.29 is 13.5 Å². The number of phenols is 1. The van der Waals surface area contributed by atoms with Gasteiger partial charge in [-0.05, 0) is 30.7 Å². The molecule has 4 nitrogen and oxygen atoms in total. The molecule has 0 atom stereocenters. The Bertz CT molecular complexity index is 1050. The molecule has 0 spiro atoms. The minimum Gasteiger partial charge on any atom is -0.506 e. The third-order valence-electron chi connectivity index (χ3n) is 3.67. The molecule has 0 saturated heterocycles. The molecule has 7 heteroatoms. The number of aromatic hydroxyl groups is 1. The molecule has 0 aliphatic rings. The third-order valence-corrected chi connectivity index (χ3v) is 5.78. The van der Waals surface area contributed by atoms with Gasteiger partial charge in [0.2, 0.25) is 0 Å². The van der Waals surface area contributed by atoms with Crippen LogP contribution in [0, 0.1) is 6.92 Å². The topological polar surface area (TPSA) is 66.4 Å². The first-order chi connectivity index (χ1) is 11.3. The Morgan fingerprint density at radius 1 is 1.00 bits per heavy atom. The highest BCUT2D eigenvalue weighted by molar-refractivity contribution is 7.92.